The highest BCUT2D eigenvalue weighted by atomic mass is 32.2. The molecule has 4 aliphatic rings. The van der Waals surface area contributed by atoms with Crippen LogP contribution in [0.25, 0.3) is 0 Å². The van der Waals surface area contributed by atoms with Gasteiger partial charge in [0.1, 0.15) is 11.6 Å². The molecule has 4 nitrogen and oxygen atoms in total. The molecule has 23 heavy (non-hydrogen) atoms. The van der Waals surface area contributed by atoms with Gasteiger partial charge in [-0.1, -0.05) is 32.0 Å². The van der Waals surface area contributed by atoms with E-state index in [0.29, 0.717) is 17.7 Å². The molecule has 4 fully saturated rings. The van der Waals surface area contributed by atoms with Gasteiger partial charge in [0.15, 0.2) is 9.84 Å². The maximum atomic E-state index is 13.2. The molecule has 0 radical (unpaired) electrons. The van der Waals surface area contributed by atoms with Crippen molar-refractivity contribution in [3.8, 4) is 0 Å². The second kappa shape index (κ2) is 4.32. The van der Waals surface area contributed by atoms with Crippen molar-refractivity contribution in [1.29, 1.82) is 0 Å². The molecular formula is C18H20O4S. The second-order valence-corrected chi connectivity index (χ2v) is 10.1. The van der Waals surface area contributed by atoms with Gasteiger partial charge in [-0.25, -0.2) is 8.42 Å². The van der Waals surface area contributed by atoms with Gasteiger partial charge in [0, 0.05) is 23.2 Å². The molecule has 0 heterocycles. The number of sulfone groups is 1. The van der Waals surface area contributed by atoms with Gasteiger partial charge in [-0.3, -0.25) is 9.59 Å². The van der Waals surface area contributed by atoms with Gasteiger partial charge in [-0.2, -0.15) is 0 Å². The number of fused-ring (bicyclic) bond motifs is 1. The molecule has 1 aromatic carbocycles. The Balaban J connectivity index is 1.87. The molecule has 4 bridgehead atoms. The average Bonchev–Trinajstić information content (AvgIpc) is 2.74. The van der Waals surface area contributed by atoms with Crippen molar-refractivity contribution in [1.82, 2.24) is 0 Å². The van der Waals surface area contributed by atoms with Gasteiger partial charge in [0.25, 0.3) is 0 Å². The first-order valence-electron chi connectivity index (χ1n) is 8.07. The lowest BCUT2D eigenvalue weighted by Gasteiger charge is -2.55. The molecule has 0 spiro atoms. The molecular weight excluding hydrogens is 312 g/mol. The lowest BCUT2D eigenvalue weighted by molar-refractivity contribution is -0.153. The van der Waals surface area contributed by atoms with Gasteiger partial charge >= 0.3 is 0 Å². The maximum absolute atomic E-state index is 13.2. The van der Waals surface area contributed by atoms with E-state index in [9.17, 15) is 18.0 Å². The van der Waals surface area contributed by atoms with Crippen molar-refractivity contribution in [2.45, 2.75) is 43.3 Å². The van der Waals surface area contributed by atoms with Gasteiger partial charge in [0.2, 0.25) is 0 Å². The predicted octanol–water partition coefficient (Wildman–Crippen LogP) is 2.42. The van der Waals surface area contributed by atoms with E-state index in [4.69, 9.17) is 0 Å². The molecule has 0 N–H and O–H groups in total. The summed E-state index contributed by atoms with van der Waals surface area (Å²) < 4.78 is 26.3. The molecule has 0 amide bonds. The van der Waals surface area contributed by atoms with Crippen LogP contribution in [0.1, 0.15) is 33.1 Å². The van der Waals surface area contributed by atoms with Gasteiger partial charge in [0.05, 0.1) is 10.1 Å². The van der Waals surface area contributed by atoms with Crippen LogP contribution in [0.3, 0.4) is 0 Å². The zero-order valence-electron chi connectivity index (χ0n) is 13.3. The molecule has 0 aliphatic heterocycles. The number of hydrogen-bond donors (Lipinski definition) is 0. The third kappa shape index (κ3) is 1.74. The topological polar surface area (TPSA) is 68.3 Å². The van der Waals surface area contributed by atoms with Crippen molar-refractivity contribution in [2.75, 3.05) is 0 Å². The van der Waals surface area contributed by atoms with Crippen molar-refractivity contribution in [2.24, 2.45) is 22.7 Å². The molecule has 4 aliphatic carbocycles. The van der Waals surface area contributed by atoms with E-state index in [1.54, 1.807) is 30.3 Å². The first-order valence-corrected chi connectivity index (χ1v) is 9.61. The van der Waals surface area contributed by atoms with Crippen LogP contribution in [-0.2, 0) is 19.4 Å². The van der Waals surface area contributed by atoms with Crippen LogP contribution < -0.4 is 0 Å². The molecule has 0 aromatic heterocycles. The Hall–Kier alpha value is -1.49. The molecule has 0 saturated heterocycles. The smallest absolute Gasteiger partial charge is 0.181 e. The normalized spacial score (nSPS) is 42.3. The Labute approximate surface area is 136 Å². The fourth-order valence-corrected chi connectivity index (χ4v) is 7.85. The Kier molecular flexibility index (Phi) is 2.83. The summed E-state index contributed by atoms with van der Waals surface area (Å²) in [5.41, 5.74) is -1.49. The zero-order chi connectivity index (χ0) is 16.6. The lowest BCUT2D eigenvalue weighted by Crippen LogP contribution is -2.61. The van der Waals surface area contributed by atoms with Gasteiger partial charge < -0.3 is 0 Å². The molecule has 5 atom stereocenters. The number of rotatable bonds is 2. The van der Waals surface area contributed by atoms with E-state index in [0.717, 1.165) is 0 Å². The highest BCUT2D eigenvalue weighted by molar-refractivity contribution is 7.92. The van der Waals surface area contributed by atoms with Crippen LogP contribution in [0.5, 0.6) is 0 Å². The third-order valence-electron chi connectivity index (χ3n) is 6.38. The summed E-state index contributed by atoms with van der Waals surface area (Å²) in [7, 11) is -3.55. The van der Waals surface area contributed by atoms with Gasteiger partial charge in [-0.15, -0.1) is 0 Å². The summed E-state index contributed by atoms with van der Waals surface area (Å²) in [4.78, 5) is 25.6. The molecule has 4 saturated carbocycles. The number of carbonyl (C=O) groups is 2. The molecule has 122 valence electrons. The maximum Gasteiger partial charge on any atom is 0.181 e. The fourth-order valence-electron chi connectivity index (χ4n) is 5.50. The van der Waals surface area contributed by atoms with Crippen LogP contribution in [0.15, 0.2) is 35.2 Å². The number of hydrogen-bond acceptors (Lipinski definition) is 4. The highest BCUT2D eigenvalue weighted by Crippen LogP contribution is 2.66. The van der Waals surface area contributed by atoms with Crippen molar-refractivity contribution in [3.63, 3.8) is 0 Å². The Morgan fingerprint density at radius 1 is 1.04 bits per heavy atom. The largest absolute Gasteiger partial charge is 0.299 e. The summed E-state index contributed by atoms with van der Waals surface area (Å²) in [6.07, 6.45) is 1.07. The van der Waals surface area contributed by atoms with E-state index in [2.05, 4.69) is 0 Å². The standard InChI is InChI=1S/C18H20O4S/c1-17-8-12-13(19)9-18(2,16(17)20)15(12)14(10-17)23(21,22)11-6-4-3-5-7-11/h3-7,12,14-15H,8-10H2,1-2H3/t12-,14-,15+,17-,18-/m1/s1. The summed E-state index contributed by atoms with van der Waals surface area (Å²) >= 11 is 0. The van der Waals surface area contributed by atoms with E-state index in [-0.39, 0.29) is 29.8 Å². The SMILES string of the molecule is C[C@]12C[C@@H]3C(=O)C[C@@](C)(C1=O)[C@@H]3[C@H](S(=O)(=O)c1ccccc1)C2. The molecule has 5 heteroatoms. The fraction of sp³-hybridized carbons (Fsp3) is 0.556. The summed E-state index contributed by atoms with van der Waals surface area (Å²) in [6.45, 7) is 3.66. The molecule has 0 unspecified atom stereocenters. The van der Waals surface area contributed by atoms with Crippen LogP contribution in [-0.4, -0.2) is 25.2 Å². The van der Waals surface area contributed by atoms with Crippen molar-refractivity contribution >= 4 is 21.4 Å². The quantitative estimate of drug-likeness (QED) is 0.834. The minimum absolute atomic E-state index is 0.0718. The minimum Gasteiger partial charge on any atom is -0.299 e. The van der Waals surface area contributed by atoms with Crippen molar-refractivity contribution < 1.29 is 18.0 Å². The second-order valence-electron chi connectivity index (χ2n) is 7.89. The number of Topliss-reactive ketones (excluding diaryl/α,β-unsaturated/α-hetero) is 2. The van der Waals surface area contributed by atoms with E-state index >= 15 is 0 Å². The van der Waals surface area contributed by atoms with Crippen molar-refractivity contribution in [3.05, 3.63) is 30.3 Å². The first-order chi connectivity index (χ1) is 10.7. The monoisotopic (exact) mass is 332 g/mol. The Morgan fingerprint density at radius 2 is 1.70 bits per heavy atom. The lowest BCUT2D eigenvalue weighted by atomic mass is 9.50. The zero-order valence-corrected chi connectivity index (χ0v) is 14.1. The van der Waals surface area contributed by atoms with Gasteiger partial charge in [-0.05, 0) is 30.9 Å². The first kappa shape index (κ1) is 15.1. The van der Waals surface area contributed by atoms with E-state index < -0.39 is 25.9 Å². The summed E-state index contributed by atoms with van der Waals surface area (Å²) in [5, 5.41) is -0.636. The minimum atomic E-state index is -3.55. The highest BCUT2D eigenvalue weighted by Gasteiger charge is 2.71. The summed E-state index contributed by atoms with van der Waals surface area (Å²) in [6, 6.07) is 8.41. The molecule has 1 aromatic rings. The predicted molar refractivity (Wildman–Crippen MR) is 84.5 cm³/mol. The summed E-state index contributed by atoms with van der Waals surface area (Å²) in [5.74, 6) is -0.478. The van der Waals surface area contributed by atoms with Crippen LogP contribution >= 0.6 is 0 Å². The Bertz CT molecular complexity index is 813. The van der Waals surface area contributed by atoms with Crippen LogP contribution in [0, 0.1) is 22.7 Å². The number of carbonyl (C=O) groups excluding carboxylic acids is 2. The third-order valence-corrected chi connectivity index (χ3v) is 8.57. The van der Waals surface area contributed by atoms with E-state index in [1.165, 1.54) is 0 Å². The van der Waals surface area contributed by atoms with Crippen LogP contribution in [0.4, 0.5) is 0 Å². The van der Waals surface area contributed by atoms with E-state index in [1.807, 2.05) is 13.8 Å². The number of ketones is 2. The average molecular weight is 332 g/mol. The Morgan fingerprint density at radius 3 is 2.35 bits per heavy atom. The number of benzene rings is 1. The van der Waals surface area contributed by atoms with Crippen LogP contribution in [0.2, 0.25) is 0 Å². The molecule has 5 rings (SSSR count).